The Labute approximate surface area is 155 Å². The van der Waals surface area contributed by atoms with E-state index in [4.69, 9.17) is 8.83 Å². The van der Waals surface area contributed by atoms with Crippen LogP contribution in [0.25, 0.3) is 11.0 Å². The maximum atomic E-state index is 13.0. The molecule has 4 heterocycles. The molecule has 4 aromatic rings. The molecule has 1 atom stereocenters. The average Bonchev–Trinajstić information content (AvgIpc) is 3.43. The molecule has 1 amide bonds. The smallest absolute Gasteiger partial charge is 0.292 e. The zero-order chi connectivity index (χ0) is 18.5. The first-order chi connectivity index (χ1) is 13.1. The van der Waals surface area contributed by atoms with Crippen molar-refractivity contribution in [2.24, 2.45) is 0 Å². The molecule has 0 bridgehead atoms. The lowest BCUT2D eigenvalue weighted by atomic mass is 9.99. The molecule has 1 aromatic carbocycles. The monoisotopic (exact) mass is 362 g/mol. The summed E-state index contributed by atoms with van der Waals surface area (Å²) in [6.07, 6.45) is 5.07. The lowest BCUT2D eigenvalue weighted by Gasteiger charge is -2.33. The first kappa shape index (κ1) is 15.9. The van der Waals surface area contributed by atoms with Crippen molar-refractivity contribution in [1.82, 2.24) is 19.9 Å². The summed E-state index contributed by atoms with van der Waals surface area (Å²) in [6, 6.07) is 5.73. The number of aryl methyl sites for hydroxylation is 2. The standard InChI is InChI=1S/C20H18N4O3/c1-11-3-4-12(2)19-13(11)7-15(27-19)18-17-14(22-9-23-17)5-6-24(18)20(25)16-8-21-10-26-16/h3-4,7-10,18H,5-6H2,1-2H3,(H,22,23)/t18-/m1/s1. The van der Waals surface area contributed by atoms with Gasteiger partial charge in [-0.1, -0.05) is 12.1 Å². The molecule has 1 N–H and O–H groups in total. The number of nitrogens with zero attached hydrogens (tertiary/aromatic N) is 3. The van der Waals surface area contributed by atoms with Crippen LogP contribution in [0.3, 0.4) is 0 Å². The van der Waals surface area contributed by atoms with Gasteiger partial charge in [0.25, 0.3) is 5.91 Å². The summed E-state index contributed by atoms with van der Waals surface area (Å²) in [5.41, 5.74) is 4.88. The van der Waals surface area contributed by atoms with E-state index < -0.39 is 6.04 Å². The van der Waals surface area contributed by atoms with Crippen LogP contribution in [0.5, 0.6) is 0 Å². The summed E-state index contributed by atoms with van der Waals surface area (Å²) in [5, 5.41) is 1.06. The minimum absolute atomic E-state index is 0.211. The number of H-pyrrole nitrogens is 1. The van der Waals surface area contributed by atoms with Crippen molar-refractivity contribution in [2.45, 2.75) is 26.3 Å². The van der Waals surface area contributed by atoms with Gasteiger partial charge in [-0.2, -0.15) is 0 Å². The van der Waals surface area contributed by atoms with Crippen molar-refractivity contribution in [3.05, 3.63) is 71.2 Å². The van der Waals surface area contributed by atoms with Crippen molar-refractivity contribution in [2.75, 3.05) is 6.54 Å². The van der Waals surface area contributed by atoms with Gasteiger partial charge in [0.05, 0.1) is 18.2 Å². The van der Waals surface area contributed by atoms with E-state index >= 15 is 0 Å². The number of hydrogen-bond acceptors (Lipinski definition) is 5. The molecule has 5 rings (SSSR count). The van der Waals surface area contributed by atoms with E-state index in [1.54, 1.807) is 11.2 Å². The Morgan fingerprint density at radius 3 is 2.93 bits per heavy atom. The predicted octanol–water partition coefficient (Wildman–Crippen LogP) is 3.55. The van der Waals surface area contributed by atoms with Crippen molar-refractivity contribution < 1.29 is 13.6 Å². The molecule has 136 valence electrons. The van der Waals surface area contributed by atoms with Gasteiger partial charge in [0, 0.05) is 24.0 Å². The number of oxazole rings is 1. The summed E-state index contributed by atoms with van der Waals surface area (Å²) >= 11 is 0. The summed E-state index contributed by atoms with van der Waals surface area (Å²) < 4.78 is 11.5. The molecule has 0 unspecified atom stereocenters. The summed E-state index contributed by atoms with van der Waals surface area (Å²) in [5.74, 6) is 0.686. The quantitative estimate of drug-likeness (QED) is 0.589. The number of carbonyl (C=O) groups excluding carboxylic acids is 1. The van der Waals surface area contributed by atoms with Gasteiger partial charge in [-0.3, -0.25) is 4.79 Å². The number of carbonyl (C=O) groups is 1. The highest BCUT2D eigenvalue weighted by Gasteiger charge is 2.37. The van der Waals surface area contributed by atoms with Gasteiger partial charge in [0.15, 0.2) is 6.39 Å². The van der Waals surface area contributed by atoms with Gasteiger partial charge >= 0.3 is 0 Å². The van der Waals surface area contributed by atoms with E-state index in [2.05, 4.69) is 27.9 Å². The third kappa shape index (κ3) is 2.38. The van der Waals surface area contributed by atoms with Crippen LogP contribution in [-0.4, -0.2) is 32.3 Å². The molecule has 1 aliphatic heterocycles. The Bertz CT molecular complexity index is 1100. The highest BCUT2D eigenvalue weighted by molar-refractivity contribution is 5.92. The van der Waals surface area contributed by atoms with E-state index in [9.17, 15) is 4.79 Å². The lowest BCUT2D eigenvalue weighted by molar-refractivity contribution is 0.0640. The fraction of sp³-hybridized carbons (Fsp3) is 0.250. The van der Waals surface area contributed by atoms with E-state index in [1.807, 2.05) is 19.1 Å². The summed E-state index contributed by atoms with van der Waals surface area (Å²) in [7, 11) is 0. The Kier molecular flexibility index (Phi) is 3.43. The third-order valence-corrected chi connectivity index (χ3v) is 5.22. The van der Waals surface area contributed by atoms with Crippen molar-refractivity contribution >= 4 is 16.9 Å². The first-order valence-electron chi connectivity index (χ1n) is 8.84. The SMILES string of the molecule is Cc1ccc(C)c2oc([C@@H]3c4nc[nH]c4CCN3C(=O)c3cnco3)cc12. The number of hydrogen-bond donors (Lipinski definition) is 1. The normalized spacial score (nSPS) is 16.7. The molecule has 7 heteroatoms. The summed E-state index contributed by atoms with van der Waals surface area (Å²) in [4.78, 5) is 26.3. The number of aromatic nitrogens is 3. The minimum Gasteiger partial charge on any atom is -0.458 e. The molecule has 7 nitrogen and oxygen atoms in total. The van der Waals surface area contributed by atoms with Crippen LogP contribution in [0.4, 0.5) is 0 Å². The van der Waals surface area contributed by atoms with Crippen LogP contribution in [0, 0.1) is 13.8 Å². The number of furan rings is 1. The Morgan fingerprint density at radius 1 is 1.30 bits per heavy atom. The molecule has 0 aliphatic carbocycles. The molecule has 3 aromatic heterocycles. The van der Waals surface area contributed by atoms with Crippen LogP contribution in [0.15, 0.2) is 46.0 Å². The lowest BCUT2D eigenvalue weighted by Crippen LogP contribution is -2.40. The fourth-order valence-corrected chi connectivity index (χ4v) is 3.79. The molecule has 0 fully saturated rings. The van der Waals surface area contributed by atoms with Crippen LogP contribution in [-0.2, 0) is 6.42 Å². The van der Waals surface area contributed by atoms with Crippen molar-refractivity contribution in [3.8, 4) is 0 Å². The van der Waals surface area contributed by atoms with Gasteiger partial charge in [-0.25, -0.2) is 9.97 Å². The number of fused-ring (bicyclic) bond motifs is 2. The van der Waals surface area contributed by atoms with E-state index in [1.165, 1.54) is 12.6 Å². The molecule has 0 saturated heterocycles. The fourth-order valence-electron chi connectivity index (χ4n) is 3.79. The van der Waals surface area contributed by atoms with Gasteiger partial charge in [0.1, 0.15) is 17.4 Å². The first-order valence-corrected chi connectivity index (χ1v) is 8.84. The second-order valence-corrected chi connectivity index (χ2v) is 6.87. The highest BCUT2D eigenvalue weighted by Crippen LogP contribution is 2.38. The van der Waals surface area contributed by atoms with Crippen LogP contribution >= 0.6 is 0 Å². The van der Waals surface area contributed by atoms with E-state index in [0.717, 1.165) is 33.5 Å². The second kappa shape index (κ2) is 5.84. The topological polar surface area (TPSA) is 88.2 Å². The van der Waals surface area contributed by atoms with Gasteiger partial charge in [-0.15, -0.1) is 0 Å². The molecule has 0 radical (unpaired) electrons. The van der Waals surface area contributed by atoms with Crippen LogP contribution in [0.2, 0.25) is 0 Å². The highest BCUT2D eigenvalue weighted by atomic mass is 16.4. The molecular weight excluding hydrogens is 344 g/mol. The largest absolute Gasteiger partial charge is 0.458 e. The number of benzene rings is 1. The van der Waals surface area contributed by atoms with Crippen molar-refractivity contribution in [3.63, 3.8) is 0 Å². The van der Waals surface area contributed by atoms with E-state index in [-0.39, 0.29) is 11.7 Å². The minimum atomic E-state index is -0.413. The zero-order valence-corrected chi connectivity index (χ0v) is 15.0. The number of amides is 1. The van der Waals surface area contributed by atoms with Crippen LogP contribution < -0.4 is 0 Å². The van der Waals surface area contributed by atoms with Gasteiger partial charge in [0.2, 0.25) is 5.76 Å². The number of rotatable bonds is 2. The van der Waals surface area contributed by atoms with E-state index in [0.29, 0.717) is 18.7 Å². The van der Waals surface area contributed by atoms with Crippen LogP contribution in [0.1, 0.15) is 44.9 Å². The second-order valence-electron chi connectivity index (χ2n) is 6.87. The van der Waals surface area contributed by atoms with Gasteiger partial charge < -0.3 is 18.7 Å². The predicted molar refractivity (Wildman–Crippen MR) is 97.4 cm³/mol. The number of aromatic amines is 1. The zero-order valence-electron chi connectivity index (χ0n) is 15.0. The molecule has 27 heavy (non-hydrogen) atoms. The average molecular weight is 362 g/mol. The Hall–Kier alpha value is -3.35. The Morgan fingerprint density at radius 2 is 2.15 bits per heavy atom. The molecule has 1 aliphatic rings. The maximum Gasteiger partial charge on any atom is 0.292 e. The molecule has 0 spiro atoms. The number of nitrogens with one attached hydrogen (secondary N) is 1. The van der Waals surface area contributed by atoms with Gasteiger partial charge in [-0.05, 0) is 31.0 Å². The Balaban J connectivity index is 1.67. The third-order valence-electron chi connectivity index (χ3n) is 5.22. The maximum absolute atomic E-state index is 13.0. The summed E-state index contributed by atoms with van der Waals surface area (Å²) in [6.45, 7) is 4.61. The van der Waals surface area contributed by atoms with Crippen molar-refractivity contribution in [1.29, 1.82) is 0 Å². The number of imidazole rings is 1. The molecule has 0 saturated carbocycles. The molecular formula is C20H18N4O3.